The first-order chi connectivity index (χ1) is 14.6. The maximum absolute atomic E-state index is 13.5. The number of aryl methyl sites for hydroxylation is 1. The molecular formula is C20H18F2N4O4S. The number of ether oxygens (including phenoxy) is 1. The number of hydrogen-bond acceptors (Lipinski definition) is 5. The number of amides is 1. The van der Waals surface area contributed by atoms with Crippen molar-refractivity contribution < 1.29 is 26.7 Å². The van der Waals surface area contributed by atoms with Gasteiger partial charge in [0, 0.05) is 31.2 Å². The third kappa shape index (κ3) is 3.77. The van der Waals surface area contributed by atoms with Crippen LogP contribution in [0.15, 0.2) is 53.7 Å². The average molecular weight is 448 g/mol. The van der Waals surface area contributed by atoms with Crippen LogP contribution in [0.1, 0.15) is 23.1 Å². The first-order valence-corrected chi connectivity index (χ1v) is 10.6. The van der Waals surface area contributed by atoms with Crippen molar-refractivity contribution in [2.45, 2.75) is 17.4 Å². The third-order valence-corrected chi connectivity index (χ3v) is 6.47. The van der Waals surface area contributed by atoms with Crippen LogP contribution >= 0.6 is 0 Å². The van der Waals surface area contributed by atoms with Crippen molar-refractivity contribution in [2.75, 3.05) is 11.9 Å². The van der Waals surface area contributed by atoms with E-state index >= 15 is 0 Å². The monoisotopic (exact) mass is 448 g/mol. The fraction of sp³-hybridized carbons (Fsp3) is 0.200. The molecule has 31 heavy (non-hydrogen) atoms. The minimum absolute atomic E-state index is 0.00628. The quantitative estimate of drug-likeness (QED) is 0.641. The van der Waals surface area contributed by atoms with Crippen LogP contribution in [0.5, 0.6) is 5.75 Å². The highest BCUT2D eigenvalue weighted by atomic mass is 32.2. The molecule has 4 rings (SSSR count). The SMILES string of the molecule is Cn1cc2c(c1C(=O)Nc1ccc(F)c(F)c1)OC[C@@](C)(c1ccccn1)NS2(=O)=O. The second-order valence-electron chi connectivity index (χ2n) is 7.31. The Bertz CT molecular complexity index is 1280. The minimum Gasteiger partial charge on any atom is -0.487 e. The zero-order chi connectivity index (χ0) is 22.4. The van der Waals surface area contributed by atoms with Crippen molar-refractivity contribution in [1.82, 2.24) is 14.3 Å². The van der Waals surface area contributed by atoms with Gasteiger partial charge in [0.05, 0.1) is 5.69 Å². The van der Waals surface area contributed by atoms with E-state index in [-0.39, 0.29) is 28.6 Å². The standard InChI is InChI=1S/C20H18F2N4O4S/c1-20(16-5-3-4-8-23-16)11-30-18-15(31(28,29)25-20)10-26(2)17(18)19(27)24-12-6-7-13(21)14(22)9-12/h3-10,25H,11H2,1-2H3,(H,24,27)/t20-/m0/s1. The number of hydrogen-bond donors (Lipinski definition) is 2. The van der Waals surface area contributed by atoms with Gasteiger partial charge in [-0.2, -0.15) is 4.72 Å². The molecule has 0 spiro atoms. The minimum atomic E-state index is -4.08. The van der Waals surface area contributed by atoms with Crippen LogP contribution in [0.25, 0.3) is 0 Å². The van der Waals surface area contributed by atoms with Gasteiger partial charge < -0.3 is 14.6 Å². The van der Waals surface area contributed by atoms with E-state index in [0.29, 0.717) is 5.69 Å². The summed E-state index contributed by atoms with van der Waals surface area (Å²) < 4.78 is 62.4. The number of nitrogens with one attached hydrogen (secondary N) is 2. The number of carbonyl (C=O) groups is 1. The maximum atomic E-state index is 13.5. The van der Waals surface area contributed by atoms with E-state index in [1.165, 1.54) is 30.1 Å². The predicted octanol–water partition coefficient (Wildman–Crippen LogP) is 2.54. The third-order valence-electron chi connectivity index (χ3n) is 4.88. The van der Waals surface area contributed by atoms with Gasteiger partial charge in [-0.1, -0.05) is 6.07 Å². The Labute approximate surface area is 176 Å². The summed E-state index contributed by atoms with van der Waals surface area (Å²) in [7, 11) is -2.60. The molecule has 0 saturated heterocycles. The molecule has 1 atom stereocenters. The van der Waals surface area contributed by atoms with Crippen LogP contribution in [-0.2, 0) is 22.6 Å². The molecule has 0 radical (unpaired) electrons. The fourth-order valence-corrected chi connectivity index (χ4v) is 4.91. The van der Waals surface area contributed by atoms with Gasteiger partial charge >= 0.3 is 0 Å². The van der Waals surface area contributed by atoms with Gasteiger partial charge in [-0.05, 0) is 31.2 Å². The molecule has 11 heteroatoms. The Morgan fingerprint density at radius 2 is 2.03 bits per heavy atom. The van der Waals surface area contributed by atoms with Crippen LogP contribution in [0.3, 0.4) is 0 Å². The summed E-state index contributed by atoms with van der Waals surface area (Å²) in [5.41, 5.74) is -0.818. The molecular weight excluding hydrogens is 430 g/mol. The lowest BCUT2D eigenvalue weighted by molar-refractivity contribution is 0.101. The summed E-state index contributed by atoms with van der Waals surface area (Å²) in [6.07, 6.45) is 2.79. The fourth-order valence-electron chi connectivity index (χ4n) is 3.35. The Kier molecular flexibility index (Phi) is 5.02. The van der Waals surface area contributed by atoms with Gasteiger partial charge in [0.15, 0.2) is 23.1 Å². The van der Waals surface area contributed by atoms with Gasteiger partial charge in [0.1, 0.15) is 17.0 Å². The molecule has 0 bridgehead atoms. The molecule has 0 fully saturated rings. The Balaban J connectivity index is 1.72. The van der Waals surface area contributed by atoms with Crippen LogP contribution in [0.4, 0.5) is 14.5 Å². The van der Waals surface area contributed by atoms with Gasteiger partial charge in [-0.3, -0.25) is 9.78 Å². The first-order valence-electron chi connectivity index (χ1n) is 9.15. The molecule has 2 aromatic heterocycles. The molecule has 1 aliphatic rings. The van der Waals surface area contributed by atoms with Crippen molar-refractivity contribution in [3.05, 3.63) is 71.8 Å². The van der Waals surface area contributed by atoms with Crippen LogP contribution in [0.2, 0.25) is 0 Å². The Morgan fingerprint density at radius 3 is 2.71 bits per heavy atom. The smallest absolute Gasteiger partial charge is 0.276 e. The summed E-state index contributed by atoms with van der Waals surface area (Å²) in [5, 5.41) is 2.43. The number of sulfonamides is 1. The zero-order valence-corrected chi connectivity index (χ0v) is 17.3. The number of pyridine rings is 1. The molecule has 1 amide bonds. The van der Waals surface area contributed by atoms with E-state index in [2.05, 4.69) is 15.0 Å². The van der Waals surface area contributed by atoms with Crippen LogP contribution < -0.4 is 14.8 Å². The normalized spacial score (nSPS) is 19.7. The predicted molar refractivity (Wildman–Crippen MR) is 107 cm³/mol. The van der Waals surface area contributed by atoms with E-state index in [0.717, 1.165) is 12.1 Å². The average Bonchev–Trinajstić information content (AvgIpc) is 3.02. The van der Waals surface area contributed by atoms with Gasteiger partial charge in [-0.25, -0.2) is 17.2 Å². The molecule has 0 aliphatic carbocycles. The molecule has 162 valence electrons. The van der Waals surface area contributed by atoms with Crippen molar-refractivity contribution >= 4 is 21.6 Å². The van der Waals surface area contributed by atoms with E-state index < -0.39 is 33.1 Å². The van der Waals surface area contributed by atoms with Crippen LogP contribution in [-0.4, -0.2) is 30.5 Å². The highest BCUT2D eigenvalue weighted by Gasteiger charge is 2.41. The number of benzene rings is 1. The van der Waals surface area contributed by atoms with Gasteiger partial charge in [-0.15, -0.1) is 0 Å². The van der Waals surface area contributed by atoms with Gasteiger partial charge in [0.2, 0.25) is 10.0 Å². The second kappa shape index (κ2) is 7.43. The number of fused-ring (bicyclic) bond motifs is 1. The van der Waals surface area contributed by atoms with E-state index in [4.69, 9.17) is 4.74 Å². The molecule has 1 aliphatic heterocycles. The molecule has 0 saturated carbocycles. The molecule has 3 aromatic rings. The topological polar surface area (TPSA) is 102 Å². The number of rotatable bonds is 3. The molecule has 3 heterocycles. The van der Waals surface area contributed by atoms with E-state index in [1.807, 2.05) is 0 Å². The molecule has 8 nitrogen and oxygen atoms in total. The molecule has 1 aromatic carbocycles. The van der Waals surface area contributed by atoms with E-state index in [9.17, 15) is 22.0 Å². The first kappa shape index (κ1) is 20.9. The maximum Gasteiger partial charge on any atom is 0.276 e. The summed E-state index contributed by atoms with van der Waals surface area (Å²) in [6.45, 7) is 1.49. The lowest BCUT2D eigenvalue weighted by atomic mass is 10.00. The highest BCUT2D eigenvalue weighted by Crippen LogP contribution is 2.36. The summed E-state index contributed by atoms with van der Waals surface area (Å²) in [6, 6.07) is 7.98. The second-order valence-corrected chi connectivity index (χ2v) is 8.96. The summed E-state index contributed by atoms with van der Waals surface area (Å²) in [4.78, 5) is 16.9. The molecule has 0 unspecified atom stereocenters. The van der Waals surface area contributed by atoms with Crippen molar-refractivity contribution in [2.24, 2.45) is 7.05 Å². The number of carbonyl (C=O) groups excluding carboxylic acids is 1. The summed E-state index contributed by atoms with van der Waals surface area (Å²) >= 11 is 0. The number of halogens is 2. The molecule has 2 N–H and O–H groups in total. The largest absolute Gasteiger partial charge is 0.487 e. The lowest BCUT2D eigenvalue weighted by Crippen LogP contribution is -2.46. The van der Waals surface area contributed by atoms with Gasteiger partial charge in [0.25, 0.3) is 5.91 Å². The number of anilines is 1. The van der Waals surface area contributed by atoms with Crippen molar-refractivity contribution in [3.8, 4) is 5.75 Å². The highest BCUT2D eigenvalue weighted by molar-refractivity contribution is 7.89. The van der Waals surface area contributed by atoms with Crippen LogP contribution in [0, 0.1) is 11.6 Å². The number of aromatic nitrogens is 2. The Morgan fingerprint density at radius 1 is 1.26 bits per heavy atom. The van der Waals surface area contributed by atoms with Crippen molar-refractivity contribution in [1.29, 1.82) is 0 Å². The lowest BCUT2D eigenvalue weighted by Gasteiger charge is -2.27. The number of nitrogens with zero attached hydrogens (tertiary/aromatic N) is 2. The van der Waals surface area contributed by atoms with Crippen molar-refractivity contribution in [3.63, 3.8) is 0 Å². The zero-order valence-electron chi connectivity index (χ0n) is 16.5. The van der Waals surface area contributed by atoms with E-state index in [1.54, 1.807) is 25.1 Å². The summed E-state index contributed by atoms with van der Waals surface area (Å²) in [5.74, 6) is -3.07. The Hall–Kier alpha value is -3.31.